The molecule has 0 spiro atoms. The molecule has 0 aliphatic carbocycles. The van der Waals surface area contributed by atoms with Crippen molar-refractivity contribution < 1.29 is 19.1 Å². The van der Waals surface area contributed by atoms with E-state index < -0.39 is 12.0 Å². The van der Waals surface area contributed by atoms with E-state index in [4.69, 9.17) is 9.47 Å². The zero-order chi connectivity index (χ0) is 19.4. The second-order valence-electron chi connectivity index (χ2n) is 6.23. The molecule has 2 aromatic carbocycles. The van der Waals surface area contributed by atoms with Crippen LogP contribution in [-0.2, 0) is 9.53 Å². The largest absolute Gasteiger partial charge is 0.463 e. The van der Waals surface area contributed by atoms with Gasteiger partial charge < -0.3 is 20.1 Å². The predicted octanol–water partition coefficient (Wildman–Crippen LogP) is 3.98. The van der Waals surface area contributed by atoms with E-state index in [1.807, 2.05) is 55.5 Å². The maximum Gasteiger partial charge on any atom is 0.338 e. The molecule has 2 N–H and O–H groups in total. The normalized spacial score (nSPS) is 16.4. The molecule has 1 aliphatic rings. The van der Waals surface area contributed by atoms with Crippen molar-refractivity contribution in [3.05, 3.63) is 70.9 Å². The molecule has 1 atom stereocenters. The average Bonchev–Trinajstić information content (AvgIpc) is 2.64. The van der Waals surface area contributed by atoms with Crippen LogP contribution in [0, 0.1) is 6.92 Å². The monoisotopic (exact) mass is 366 g/mol. The number of hydrogen-bond donors (Lipinski definition) is 2. The van der Waals surface area contributed by atoms with E-state index in [1.54, 1.807) is 13.8 Å². The van der Waals surface area contributed by atoms with Crippen LogP contribution in [0.5, 0.6) is 11.5 Å². The summed E-state index contributed by atoms with van der Waals surface area (Å²) in [5.74, 6) is 1.00. The number of rotatable bonds is 5. The lowest BCUT2D eigenvalue weighted by Gasteiger charge is -2.28. The van der Waals surface area contributed by atoms with Crippen molar-refractivity contribution in [1.29, 1.82) is 0 Å². The van der Waals surface area contributed by atoms with Crippen LogP contribution < -0.4 is 15.4 Å². The van der Waals surface area contributed by atoms with Gasteiger partial charge in [-0.1, -0.05) is 30.3 Å². The number of nitrogens with one attached hydrogen (secondary N) is 2. The van der Waals surface area contributed by atoms with Gasteiger partial charge in [0.25, 0.3) is 0 Å². The Balaban J connectivity index is 1.86. The number of ether oxygens (including phenoxy) is 2. The SMILES string of the molecule is CCOC(=O)C1=C(C)NC(=O)NC1c1ccc(Oc2ccccc2C)cc1. The van der Waals surface area contributed by atoms with E-state index in [1.165, 1.54) is 0 Å². The first kappa shape index (κ1) is 18.5. The van der Waals surface area contributed by atoms with Gasteiger partial charge in [-0.2, -0.15) is 0 Å². The van der Waals surface area contributed by atoms with Gasteiger partial charge in [-0.15, -0.1) is 0 Å². The standard InChI is InChI=1S/C21H22N2O4/c1-4-26-20(24)18-14(3)22-21(25)23-19(18)15-9-11-16(12-10-15)27-17-8-6-5-7-13(17)2/h5-12,19H,4H2,1-3H3,(H2,22,23,25). The van der Waals surface area contributed by atoms with Gasteiger partial charge in [0, 0.05) is 5.70 Å². The molecule has 0 saturated heterocycles. The molecule has 2 amide bonds. The van der Waals surface area contributed by atoms with E-state index in [-0.39, 0.29) is 12.6 Å². The Morgan fingerprint density at radius 3 is 2.44 bits per heavy atom. The van der Waals surface area contributed by atoms with Crippen molar-refractivity contribution in [3.8, 4) is 11.5 Å². The van der Waals surface area contributed by atoms with E-state index >= 15 is 0 Å². The third-order valence-electron chi connectivity index (χ3n) is 4.30. The summed E-state index contributed by atoms with van der Waals surface area (Å²) in [4.78, 5) is 24.2. The Hall–Kier alpha value is -3.28. The Labute approximate surface area is 158 Å². The summed E-state index contributed by atoms with van der Waals surface area (Å²) in [5, 5.41) is 5.40. The maximum atomic E-state index is 12.3. The molecule has 0 fully saturated rings. The lowest BCUT2D eigenvalue weighted by atomic mass is 9.95. The van der Waals surface area contributed by atoms with E-state index in [2.05, 4.69) is 10.6 Å². The highest BCUT2D eigenvalue weighted by Crippen LogP contribution is 2.30. The topological polar surface area (TPSA) is 76.7 Å². The highest BCUT2D eigenvalue weighted by atomic mass is 16.5. The van der Waals surface area contributed by atoms with Crippen LogP contribution in [0.15, 0.2) is 59.8 Å². The molecule has 1 aliphatic heterocycles. The molecule has 2 aromatic rings. The number of hydrogen-bond acceptors (Lipinski definition) is 4. The number of amides is 2. The van der Waals surface area contributed by atoms with Crippen LogP contribution in [0.2, 0.25) is 0 Å². The first-order valence-electron chi connectivity index (χ1n) is 8.78. The van der Waals surface area contributed by atoms with Crippen LogP contribution in [0.25, 0.3) is 0 Å². The van der Waals surface area contributed by atoms with E-state index in [0.29, 0.717) is 17.0 Å². The Kier molecular flexibility index (Phi) is 5.45. The smallest absolute Gasteiger partial charge is 0.338 e. The van der Waals surface area contributed by atoms with Crippen molar-refractivity contribution in [2.45, 2.75) is 26.8 Å². The highest BCUT2D eigenvalue weighted by Gasteiger charge is 2.32. The molecule has 3 rings (SSSR count). The molecule has 140 valence electrons. The molecule has 1 unspecified atom stereocenters. The number of aryl methyl sites for hydroxylation is 1. The third-order valence-corrected chi connectivity index (χ3v) is 4.30. The first-order chi connectivity index (χ1) is 13.0. The first-order valence-corrected chi connectivity index (χ1v) is 8.78. The van der Waals surface area contributed by atoms with Gasteiger partial charge in [0.1, 0.15) is 11.5 Å². The van der Waals surface area contributed by atoms with Crippen molar-refractivity contribution in [2.75, 3.05) is 6.61 Å². The highest BCUT2D eigenvalue weighted by molar-refractivity contribution is 5.95. The average molecular weight is 366 g/mol. The minimum absolute atomic E-state index is 0.263. The summed E-state index contributed by atoms with van der Waals surface area (Å²) in [5.41, 5.74) is 2.69. The molecular formula is C21H22N2O4. The molecule has 6 nitrogen and oxygen atoms in total. The second kappa shape index (κ2) is 7.95. The Morgan fingerprint density at radius 2 is 1.78 bits per heavy atom. The van der Waals surface area contributed by atoms with E-state index in [9.17, 15) is 9.59 Å². The molecule has 0 radical (unpaired) electrons. The fourth-order valence-corrected chi connectivity index (χ4v) is 2.95. The molecule has 0 aromatic heterocycles. The summed E-state index contributed by atoms with van der Waals surface area (Å²) in [6.07, 6.45) is 0. The van der Waals surface area contributed by atoms with Gasteiger partial charge in [0.2, 0.25) is 0 Å². The van der Waals surface area contributed by atoms with Gasteiger partial charge in [0.05, 0.1) is 18.2 Å². The van der Waals surface area contributed by atoms with Crippen LogP contribution >= 0.6 is 0 Å². The number of benzene rings is 2. The second-order valence-corrected chi connectivity index (χ2v) is 6.23. The summed E-state index contributed by atoms with van der Waals surface area (Å²) in [7, 11) is 0. The van der Waals surface area contributed by atoms with Crippen LogP contribution in [0.4, 0.5) is 4.79 Å². The van der Waals surface area contributed by atoms with Gasteiger partial charge >= 0.3 is 12.0 Å². The molecule has 0 saturated carbocycles. The maximum absolute atomic E-state index is 12.3. The fraction of sp³-hybridized carbons (Fsp3) is 0.238. The number of carbonyl (C=O) groups is 2. The van der Waals surface area contributed by atoms with Gasteiger partial charge in [-0.05, 0) is 50.1 Å². The molecular weight excluding hydrogens is 344 g/mol. The number of para-hydroxylation sites is 1. The van der Waals surface area contributed by atoms with Crippen molar-refractivity contribution >= 4 is 12.0 Å². The van der Waals surface area contributed by atoms with Crippen molar-refractivity contribution in [3.63, 3.8) is 0 Å². The molecule has 1 heterocycles. The fourth-order valence-electron chi connectivity index (χ4n) is 2.95. The van der Waals surface area contributed by atoms with Crippen molar-refractivity contribution in [1.82, 2.24) is 10.6 Å². The lowest BCUT2D eigenvalue weighted by Crippen LogP contribution is -2.45. The molecule has 6 heteroatoms. The Morgan fingerprint density at radius 1 is 1.07 bits per heavy atom. The third kappa shape index (κ3) is 4.11. The zero-order valence-corrected chi connectivity index (χ0v) is 15.5. The number of allylic oxidation sites excluding steroid dienone is 1. The number of urea groups is 1. The lowest BCUT2D eigenvalue weighted by molar-refractivity contribution is -0.139. The molecule has 0 bridgehead atoms. The summed E-state index contributed by atoms with van der Waals surface area (Å²) >= 11 is 0. The summed E-state index contributed by atoms with van der Waals surface area (Å²) < 4.78 is 11.0. The zero-order valence-electron chi connectivity index (χ0n) is 15.5. The quantitative estimate of drug-likeness (QED) is 0.785. The number of esters is 1. The van der Waals surface area contributed by atoms with Gasteiger partial charge in [0.15, 0.2) is 0 Å². The van der Waals surface area contributed by atoms with Crippen LogP contribution in [0.1, 0.15) is 31.0 Å². The Bertz CT molecular complexity index is 887. The van der Waals surface area contributed by atoms with Crippen LogP contribution in [-0.4, -0.2) is 18.6 Å². The number of carbonyl (C=O) groups excluding carboxylic acids is 2. The minimum atomic E-state index is -0.578. The van der Waals surface area contributed by atoms with Crippen molar-refractivity contribution in [2.24, 2.45) is 0 Å². The van der Waals surface area contributed by atoms with Gasteiger partial charge in [-0.3, -0.25) is 0 Å². The van der Waals surface area contributed by atoms with Crippen LogP contribution in [0.3, 0.4) is 0 Å². The summed E-state index contributed by atoms with van der Waals surface area (Å²) in [6, 6.07) is 14.1. The minimum Gasteiger partial charge on any atom is -0.463 e. The predicted molar refractivity (Wildman–Crippen MR) is 101 cm³/mol. The van der Waals surface area contributed by atoms with E-state index in [0.717, 1.165) is 16.9 Å². The molecule has 27 heavy (non-hydrogen) atoms. The van der Waals surface area contributed by atoms with Gasteiger partial charge in [-0.25, -0.2) is 9.59 Å². The summed E-state index contributed by atoms with van der Waals surface area (Å²) in [6.45, 7) is 5.68.